The second-order valence-corrected chi connectivity index (χ2v) is 5.79. The molecule has 21 heavy (non-hydrogen) atoms. The van der Waals surface area contributed by atoms with Gasteiger partial charge in [0, 0.05) is 16.6 Å². The van der Waals surface area contributed by atoms with Gasteiger partial charge in [0.15, 0.2) is 6.33 Å². The Hall–Kier alpha value is -1.65. The third kappa shape index (κ3) is 3.52. The normalized spacial score (nSPS) is 15.1. The molecule has 1 aliphatic carbocycles. The Labute approximate surface area is 133 Å². The maximum absolute atomic E-state index is 6.24. The van der Waals surface area contributed by atoms with Crippen LogP contribution in [0, 0.1) is 6.33 Å². The van der Waals surface area contributed by atoms with Gasteiger partial charge in [0.1, 0.15) is 11.4 Å². The molecule has 0 amide bonds. The summed E-state index contributed by atoms with van der Waals surface area (Å²) >= 11 is 12.2. The second kappa shape index (κ2) is 6.00. The van der Waals surface area contributed by atoms with Gasteiger partial charge >= 0.3 is 0 Å². The highest BCUT2D eigenvalue weighted by atomic mass is 35.5. The van der Waals surface area contributed by atoms with Crippen molar-refractivity contribution in [1.82, 2.24) is 15.3 Å². The summed E-state index contributed by atoms with van der Waals surface area (Å²) in [6.45, 7) is 1.93. The highest BCUT2D eigenvalue weighted by molar-refractivity contribution is 6.36. The first-order valence-corrected chi connectivity index (χ1v) is 7.39. The van der Waals surface area contributed by atoms with Crippen molar-refractivity contribution in [3.05, 3.63) is 40.8 Å². The van der Waals surface area contributed by atoms with Crippen molar-refractivity contribution in [2.24, 2.45) is 4.99 Å². The van der Waals surface area contributed by atoms with E-state index < -0.39 is 0 Å². The smallest absolute Gasteiger partial charge is 0.198 e. The lowest BCUT2D eigenvalue weighted by molar-refractivity contribution is 0.902. The number of aromatic nitrogens is 2. The molecule has 0 aliphatic heterocycles. The van der Waals surface area contributed by atoms with Crippen LogP contribution in [0.3, 0.4) is 0 Å². The molecular weight excluding hydrogens is 307 g/mol. The molecule has 1 fully saturated rings. The molecule has 6 heteroatoms. The number of halogens is 2. The van der Waals surface area contributed by atoms with Crippen molar-refractivity contribution in [3.8, 4) is 11.3 Å². The molecule has 1 aromatic heterocycles. The van der Waals surface area contributed by atoms with Gasteiger partial charge in [0.05, 0.1) is 17.1 Å². The van der Waals surface area contributed by atoms with Gasteiger partial charge in [-0.2, -0.15) is 0 Å². The third-order valence-electron chi connectivity index (χ3n) is 3.11. The lowest BCUT2D eigenvalue weighted by Crippen LogP contribution is -2.22. The van der Waals surface area contributed by atoms with E-state index in [9.17, 15) is 0 Å². The van der Waals surface area contributed by atoms with Crippen molar-refractivity contribution < 1.29 is 0 Å². The SMILES string of the molecule is C/C(=N/c1cn[c]nc1-c1ccc(Cl)cc1Cl)NC1CC1. The van der Waals surface area contributed by atoms with E-state index in [0.29, 0.717) is 27.5 Å². The minimum absolute atomic E-state index is 0.527. The van der Waals surface area contributed by atoms with Crippen LogP contribution in [-0.2, 0) is 0 Å². The maximum Gasteiger partial charge on any atom is 0.198 e. The van der Waals surface area contributed by atoms with E-state index in [-0.39, 0.29) is 0 Å². The van der Waals surface area contributed by atoms with E-state index in [1.165, 1.54) is 12.8 Å². The summed E-state index contributed by atoms with van der Waals surface area (Å²) < 4.78 is 0. The Balaban J connectivity index is 1.98. The van der Waals surface area contributed by atoms with Gasteiger partial charge in [-0.15, -0.1) is 0 Å². The number of rotatable bonds is 3. The van der Waals surface area contributed by atoms with E-state index in [0.717, 1.165) is 11.4 Å². The predicted molar refractivity (Wildman–Crippen MR) is 85.3 cm³/mol. The second-order valence-electron chi connectivity index (χ2n) is 4.94. The van der Waals surface area contributed by atoms with Gasteiger partial charge in [-0.25, -0.2) is 15.0 Å². The van der Waals surface area contributed by atoms with Crippen LogP contribution in [0.4, 0.5) is 5.69 Å². The summed E-state index contributed by atoms with van der Waals surface area (Å²) in [7, 11) is 0. The minimum Gasteiger partial charge on any atom is -0.371 e. The number of hydrogen-bond donors (Lipinski definition) is 1. The zero-order valence-corrected chi connectivity index (χ0v) is 12.9. The molecule has 1 aromatic carbocycles. The van der Waals surface area contributed by atoms with Crippen molar-refractivity contribution in [3.63, 3.8) is 0 Å². The standard InChI is InChI=1S/C15H13Cl2N4/c1-9(20-11-3-4-11)21-14-7-18-8-19-15(14)12-5-2-10(16)6-13(12)17/h2,5-7,11H,3-4H2,1H3,(H,20,21). The fourth-order valence-electron chi connectivity index (χ4n) is 1.98. The minimum atomic E-state index is 0.527. The zero-order chi connectivity index (χ0) is 14.8. The monoisotopic (exact) mass is 319 g/mol. The van der Waals surface area contributed by atoms with Gasteiger partial charge in [0.25, 0.3) is 0 Å². The van der Waals surface area contributed by atoms with E-state index in [2.05, 4.69) is 26.6 Å². The van der Waals surface area contributed by atoms with E-state index in [1.807, 2.05) is 13.0 Å². The first-order chi connectivity index (χ1) is 10.1. The van der Waals surface area contributed by atoms with Gasteiger partial charge < -0.3 is 5.32 Å². The molecule has 1 radical (unpaired) electrons. The van der Waals surface area contributed by atoms with Gasteiger partial charge in [0.2, 0.25) is 0 Å². The van der Waals surface area contributed by atoms with Crippen LogP contribution in [0.5, 0.6) is 0 Å². The van der Waals surface area contributed by atoms with Crippen molar-refractivity contribution >= 4 is 34.7 Å². The molecule has 0 spiro atoms. The van der Waals surface area contributed by atoms with Crippen LogP contribution in [0.25, 0.3) is 11.3 Å². The molecule has 3 rings (SSSR count). The maximum atomic E-state index is 6.24. The van der Waals surface area contributed by atoms with Gasteiger partial charge in [-0.1, -0.05) is 23.2 Å². The molecule has 1 N–H and O–H groups in total. The molecule has 1 saturated carbocycles. The topological polar surface area (TPSA) is 50.2 Å². The molecule has 0 atom stereocenters. The molecular formula is C15H13Cl2N4. The molecule has 1 aliphatic rings. The Bertz CT molecular complexity index is 696. The largest absolute Gasteiger partial charge is 0.371 e. The third-order valence-corrected chi connectivity index (χ3v) is 3.66. The van der Waals surface area contributed by atoms with Crippen molar-refractivity contribution in [2.45, 2.75) is 25.8 Å². The number of benzene rings is 1. The molecule has 2 aromatic rings. The summed E-state index contributed by atoms with van der Waals surface area (Å²) in [4.78, 5) is 12.7. The van der Waals surface area contributed by atoms with E-state index >= 15 is 0 Å². The average molecular weight is 320 g/mol. The Morgan fingerprint density at radius 2 is 2.19 bits per heavy atom. The first kappa shape index (κ1) is 14.3. The van der Waals surface area contributed by atoms with Crippen LogP contribution >= 0.6 is 23.2 Å². The quantitative estimate of drug-likeness (QED) is 0.685. The highest BCUT2D eigenvalue weighted by Crippen LogP contribution is 2.34. The van der Waals surface area contributed by atoms with Crippen LogP contribution in [0.2, 0.25) is 10.0 Å². The van der Waals surface area contributed by atoms with Crippen LogP contribution in [-0.4, -0.2) is 21.8 Å². The molecule has 4 nitrogen and oxygen atoms in total. The zero-order valence-electron chi connectivity index (χ0n) is 11.4. The summed E-state index contributed by atoms with van der Waals surface area (Å²) in [5, 5.41) is 4.44. The van der Waals surface area contributed by atoms with Crippen molar-refractivity contribution in [2.75, 3.05) is 0 Å². The fraction of sp³-hybridized carbons (Fsp3) is 0.267. The number of aliphatic imine (C=N–C) groups is 1. The molecule has 107 valence electrons. The Morgan fingerprint density at radius 3 is 2.90 bits per heavy atom. The molecule has 1 heterocycles. The number of amidine groups is 1. The number of nitrogens with zero attached hydrogens (tertiary/aromatic N) is 3. The molecule has 0 bridgehead atoms. The Kier molecular flexibility index (Phi) is 4.08. The molecule has 0 unspecified atom stereocenters. The van der Waals surface area contributed by atoms with Crippen LogP contribution in [0.15, 0.2) is 29.4 Å². The van der Waals surface area contributed by atoms with Gasteiger partial charge in [-0.3, -0.25) is 0 Å². The molecule has 0 saturated heterocycles. The average Bonchev–Trinajstić information content (AvgIpc) is 3.24. The highest BCUT2D eigenvalue weighted by Gasteiger charge is 2.21. The fourth-order valence-corrected chi connectivity index (χ4v) is 2.48. The summed E-state index contributed by atoms with van der Waals surface area (Å²) in [6, 6.07) is 5.83. The predicted octanol–water partition coefficient (Wildman–Crippen LogP) is 4.05. The lowest BCUT2D eigenvalue weighted by Gasteiger charge is -2.08. The lowest BCUT2D eigenvalue weighted by atomic mass is 10.1. The van der Waals surface area contributed by atoms with Crippen molar-refractivity contribution in [1.29, 1.82) is 0 Å². The number of hydrogen-bond acceptors (Lipinski definition) is 3. The summed E-state index contributed by atoms with van der Waals surface area (Å²) in [5.74, 6) is 0.846. The number of nitrogens with one attached hydrogen (secondary N) is 1. The first-order valence-electron chi connectivity index (χ1n) is 6.64. The van der Waals surface area contributed by atoms with Gasteiger partial charge in [-0.05, 0) is 38.0 Å². The summed E-state index contributed by atoms with van der Waals surface area (Å²) in [6.07, 6.45) is 6.61. The summed E-state index contributed by atoms with van der Waals surface area (Å²) in [5.41, 5.74) is 2.06. The Morgan fingerprint density at radius 1 is 1.38 bits per heavy atom. The van der Waals surface area contributed by atoms with Crippen LogP contribution < -0.4 is 5.32 Å². The van der Waals surface area contributed by atoms with E-state index in [4.69, 9.17) is 23.2 Å². The van der Waals surface area contributed by atoms with E-state index in [1.54, 1.807) is 18.3 Å². The van der Waals surface area contributed by atoms with Crippen LogP contribution in [0.1, 0.15) is 19.8 Å².